The van der Waals surface area contributed by atoms with E-state index < -0.39 is 0 Å². The SMILES string of the molecule is COc1ccc(SCc2cc3c(cc2Br)OCO3)cc1. The van der Waals surface area contributed by atoms with Crippen LogP contribution in [0.1, 0.15) is 5.56 Å². The first-order chi connectivity index (χ1) is 9.76. The highest BCUT2D eigenvalue weighted by molar-refractivity contribution is 9.10. The van der Waals surface area contributed by atoms with Crippen molar-refractivity contribution in [1.29, 1.82) is 0 Å². The van der Waals surface area contributed by atoms with E-state index in [0.717, 1.165) is 27.5 Å². The summed E-state index contributed by atoms with van der Waals surface area (Å²) in [5.74, 6) is 3.36. The van der Waals surface area contributed by atoms with Crippen LogP contribution in [0.3, 0.4) is 0 Å². The third-order valence-corrected chi connectivity index (χ3v) is 4.79. The summed E-state index contributed by atoms with van der Waals surface area (Å²) >= 11 is 5.35. The first kappa shape index (κ1) is 13.6. The van der Waals surface area contributed by atoms with E-state index in [-0.39, 0.29) is 0 Å². The van der Waals surface area contributed by atoms with Crippen molar-refractivity contribution < 1.29 is 14.2 Å². The third kappa shape index (κ3) is 2.88. The molecule has 1 heterocycles. The number of ether oxygens (including phenoxy) is 3. The van der Waals surface area contributed by atoms with Gasteiger partial charge in [-0.1, -0.05) is 15.9 Å². The normalized spacial score (nSPS) is 12.5. The number of halogens is 1. The lowest BCUT2D eigenvalue weighted by Gasteiger charge is -2.07. The monoisotopic (exact) mass is 352 g/mol. The molecule has 0 saturated carbocycles. The molecule has 20 heavy (non-hydrogen) atoms. The van der Waals surface area contributed by atoms with Gasteiger partial charge in [-0.2, -0.15) is 0 Å². The summed E-state index contributed by atoms with van der Waals surface area (Å²) in [6.07, 6.45) is 0. The minimum atomic E-state index is 0.302. The Kier molecular flexibility index (Phi) is 4.08. The van der Waals surface area contributed by atoms with Crippen LogP contribution in [-0.4, -0.2) is 13.9 Å². The summed E-state index contributed by atoms with van der Waals surface area (Å²) in [4.78, 5) is 1.20. The predicted octanol–water partition coefficient (Wildman–Crippen LogP) is 4.48. The summed E-state index contributed by atoms with van der Waals surface area (Å²) in [5.41, 5.74) is 1.19. The van der Waals surface area contributed by atoms with Gasteiger partial charge in [-0.3, -0.25) is 0 Å². The Hall–Kier alpha value is -1.33. The Labute approximate surface area is 130 Å². The van der Waals surface area contributed by atoms with Crippen LogP contribution in [0.15, 0.2) is 45.8 Å². The highest BCUT2D eigenvalue weighted by Crippen LogP contribution is 2.39. The molecule has 0 atom stereocenters. The van der Waals surface area contributed by atoms with Gasteiger partial charge in [0.25, 0.3) is 0 Å². The lowest BCUT2D eigenvalue weighted by Crippen LogP contribution is -1.92. The van der Waals surface area contributed by atoms with Crippen molar-refractivity contribution in [2.45, 2.75) is 10.6 Å². The summed E-state index contributed by atoms with van der Waals surface area (Å²) in [7, 11) is 1.67. The Morgan fingerprint density at radius 2 is 1.85 bits per heavy atom. The zero-order valence-corrected chi connectivity index (χ0v) is 13.3. The second kappa shape index (κ2) is 5.97. The molecule has 2 aromatic carbocycles. The van der Waals surface area contributed by atoms with Crippen molar-refractivity contribution in [1.82, 2.24) is 0 Å². The smallest absolute Gasteiger partial charge is 0.231 e. The number of benzene rings is 2. The quantitative estimate of drug-likeness (QED) is 0.758. The molecule has 0 radical (unpaired) electrons. The molecule has 0 unspecified atom stereocenters. The fourth-order valence-corrected chi connectivity index (χ4v) is 3.44. The van der Waals surface area contributed by atoms with Gasteiger partial charge in [0.05, 0.1) is 7.11 Å². The summed E-state index contributed by atoms with van der Waals surface area (Å²) in [6.45, 7) is 0.302. The predicted molar refractivity (Wildman–Crippen MR) is 82.8 cm³/mol. The van der Waals surface area contributed by atoms with Gasteiger partial charge in [-0.25, -0.2) is 0 Å². The molecule has 1 aliphatic rings. The number of rotatable bonds is 4. The van der Waals surface area contributed by atoms with Crippen LogP contribution in [0, 0.1) is 0 Å². The first-order valence-corrected chi connectivity index (χ1v) is 7.89. The molecule has 1 aliphatic heterocycles. The molecule has 0 fully saturated rings. The van der Waals surface area contributed by atoms with Crippen LogP contribution < -0.4 is 14.2 Å². The fourth-order valence-electron chi connectivity index (χ4n) is 1.90. The van der Waals surface area contributed by atoms with Crippen LogP contribution in [0.4, 0.5) is 0 Å². The van der Waals surface area contributed by atoms with E-state index in [2.05, 4.69) is 28.1 Å². The van der Waals surface area contributed by atoms with Crippen molar-refractivity contribution in [2.24, 2.45) is 0 Å². The number of hydrogen-bond acceptors (Lipinski definition) is 4. The van der Waals surface area contributed by atoms with Crippen molar-refractivity contribution in [2.75, 3.05) is 13.9 Å². The average Bonchev–Trinajstić information content (AvgIpc) is 2.92. The Morgan fingerprint density at radius 3 is 2.55 bits per heavy atom. The van der Waals surface area contributed by atoms with E-state index in [0.29, 0.717) is 6.79 Å². The van der Waals surface area contributed by atoms with Crippen molar-refractivity contribution in [3.63, 3.8) is 0 Å². The molecular weight excluding hydrogens is 340 g/mol. The molecule has 0 aliphatic carbocycles. The molecule has 2 aromatic rings. The van der Waals surface area contributed by atoms with Crippen LogP contribution in [0.25, 0.3) is 0 Å². The fraction of sp³-hybridized carbons (Fsp3) is 0.200. The van der Waals surface area contributed by atoms with Gasteiger partial charge in [0.1, 0.15) is 5.75 Å². The van der Waals surface area contributed by atoms with Crippen LogP contribution in [-0.2, 0) is 5.75 Å². The van der Waals surface area contributed by atoms with Gasteiger partial charge < -0.3 is 14.2 Å². The average molecular weight is 353 g/mol. The van der Waals surface area contributed by atoms with Crippen LogP contribution >= 0.6 is 27.7 Å². The second-order valence-corrected chi connectivity index (χ2v) is 6.16. The molecule has 0 N–H and O–H groups in total. The first-order valence-electron chi connectivity index (χ1n) is 6.11. The molecule has 3 nitrogen and oxygen atoms in total. The maximum Gasteiger partial charge on any atom is 0.231 e. The van der Waals surface area contributed by atoms with Gasteiger partial charge in [0.15, 0.2) is 11.5 Å². The van der Waals surface area contributed by atoms with Crippen molar-refractivity contribution in [3.8, 4) is 17.2 Å². The molecule has 5 heteroatoms. The number of fused-ring (bicyclic) bond motifs is 1. The lowest BCUT2D eigenvalue weighted by atomic mass is 10.2. The Bertz CT molecular complexity index is 613. The molecule has 0 aromatic heterocycles. The highest BCUT2D eigenvalue weighted by atomic mass is 79.9. The van der Waals surface area contributed by atoms with E-state index >= 15 is 0 Å². The van der Waals surface area contributed by atoms with E-state index in [1.165, 1.54) is 10.5 Å². The molecule has 0 spiro atoms. The molecule has 3 rings (SSSR count). The molecule has 0 amide bonds. The number of hydrogen-bond donors (Lipinski definition) is 0. The van der Waals surface area contributed by atoms with E-state index in [1.807, 2.05) is 24.3 Å². The van der Waals surface area contributed by atoms with Crippen molar-refractivity contribution >= 4 is 27.7 Å². The zero-order valence-electron chi connectivity index (χ0n) is 10.9. The van der Waals surface area contributed by atoms with E-state index in [1.54, 1.807) is 18.9 Å². The standard InChI is InChI=1S/C15H13BrO3S/c1-17-11-2-4-12(5-3-11)20-8-10-6-14-15(7-13(10)16)19-9-18-14/h2-7H,8-9H2,1H3. The van der Waals surface area contributed by atoms with Gasteiger partial charge in [0, 0.05) is 15.1 Å². The third-order valence-electron chi connectivity index (χ3n) is 3.00. The summed E-state index contributed by atoms with van der Waals surface area (Å²) in [5, 5.41) is 0. The summed E-state index contributed by atoms with van der Waals surface area (Å²) in [6, 6.07) is 12.1. The summed E-state index contributed by atoms with van der Waals surface area (Å²) < 4.78 is 17.0. The topological polar surface area (TPSA) is 27.7 Å². The Morgan fingerprint density at radius 1 is 1.15 bits per heavy atom. The maximum absolute atomic E-state index is 5.41. The molecule has 0 bridgehead atoms. The van der Waals surface area contributed by atoms with Gasteiger partial charge in [-0.15, -0.1) is 11.8 Å². The lowest BCUT2D eigenvalue weighted by molar-refractivity contribution is 0.174. The van der Waals surface area contributed by atoms with Crippen molar-refractivity contribution in [3.05, 3.63) is 46.4 Å². The molecular formula is C15H13BrO3S. The minimum absolute atomic E-state index is 0.302. The zero-order chi connectivity index (χ0) is 13.9. The Balaban J connectivity index is 1.71. The van der Waals surface area contributed by atoms with Gasteiger partial charge in [0.2, 0.25) is 6.79 Å². The van der Waals surface area contributed by atoms with Gasteiger partial charge >= 0.3 is 0 Å². The van der Waals surface area contributed by atoms with Gasteiger partial charge in [-0.05, 0) is 42.0 Å². The maximum atomic E-state index is 5.41. The molecule has 0 saturated heterocycles. The largest absolute Gasteiger partial charge is 0.497 e. The second-order valence-electron chi connectivity index (χ2n) is 4.26. The number of methoxy groups -OCH3 is 1. The van der Waals surface area contributed by atoms with E-state index in [9.17, 15) is 0 Å². The number of thioether (sulfide) groups is 1. The molecule has 104 valence electrons. The minimum Gasteiger partial charge on any atom is -0.497 e. The van der Waals surface area contributed by atoms with E-state index in [4.69, 9.17) is 14.2 Å². The van der Waals surface area contributed by atoms with Crippen LogP contribution in [0.2, 0.25) is 0 Å². The highest BCUT2D eigenvalue weighted by Gasteiger charge is 2.16. The van der Waals surface area contributed by atoms with Crippen LogP contribution in [0.5, 0.6) is 17.2 Å².